The first-order valence-electron chi connectivity index (χ1n) is 7.71. The molecule has 1 aliphatic rings. The monoisotopic (exact) mass is 380 g/mol. The Morgan fingerprint density at radius 1 is 1.38 bits per heavy atom. The molecule has 1 heterocycles. The first-order valence-corrected chi connectivity index (χ1v) is 9.61. The highest BCUT2D eigenvalue weighted by Gasteiger charge is 2.36. The second-order valence-corrected chi connectivity index (χ2v) is 8.35. The van der Waals surface area contributed by atoms with E-state index in [1.807, 2.05) is 6.07 Å². The molecule has 1 aliphatic heterocycles. The van der Waals surface area contributed by atoms with Crippen molar-refractivity contribution in [1.29, 1.82) is 0 Å². The number of halogens is 2. The summed E-state index contributed by atoms with van der Waals surface area (Å²) in [5.41, 5.74) is 0.853. The zero-order valence-corrected chi connectivity index (χ0v) is 16.1. The Morgan fingerprint density at radius 3 is 2.54 bits per heavy atom. The molecule has 0 amide bonds. The van der Waals surface area contributed by atoms with Crippen LogP contribution in [0.25, 0.3) is 0 Å². The van der Waals surface area contributed by atoms with E-state index in [4.69, 9.17) is 4.74 Å². The average Bonchev–Trinajstić information content (AvgIpc) is 2.79. The number of likely N-dealkylation sites (tertiary alicyclic amines) is 1. The Hall–Kier alpha value is -0.890. The van der Waals surface area contributed by atoms with Crippen LogP contribution in [0, 0.1) is 17.7 Å². The van der Waals surface area contributed by atoms with Crippen molar-refractivity contribution in [3.63, 3.8) is 0 Å². The highest BCUT2D eigenvalue weighted by molar-refractivity contribution is 7.88. The van der Waals surface area contributed by atoms with Gasteiger partial charge < -0.3 is 4.74 Å². The van der Waals surface area contributed by atoms with Gasteiger partial charge in [0.1, 0.15) is 0 Å². The number of rotatable bonds is 6. The van der Waals surface area contributed by atoms with Gasteiger partial charge in [0.2, 0.25) is 10.0 Å². The second-order valence-electron chi connectivity index (χ2n) is 6.57. The predicted octanol–water partition coefficient (Wildman–Crippen LogP) is 2.26. The summed E-state index contributed by atoms with van der Waals surface area (Å²) in [6, 6.07) is 4.82. The van der Waals surface area contributed by atoms with E-state index in [1.165, 1.54) is 19.4 Å². The summed E-state index contributed by atoms with van der Waals surface area (Å²) in [5, 5.41) is 0. The summed E-state index contributed by atoms with van der Waals surface area (Å²) >= 11 is 0. The van der Waals surface area contributed by atoms with E-state index in [-0.39, 0.29) is 35.9 Å². The van der Waals surface area contributed by atoms with Gasteiger partial charge in [0, 0.05) is 25.7 Å². The molecule has 1 saturated heterocycles. The van der Waals surface area contributed by atoms with Gasteiger partial charge in [-0.15, -0.1) is 12.4 Å². The van der Waals surface area contributed by atoms with Gasteiger partial charge in [-0.25, -0.2) is 17.5 Å². The fourth-order valence-electron chi connectivity index (χ4n) is 3.18. The molecule has 24 heavy (non-hydrogen) atoms. The van der Waals surface area contributed by atoms with Gasteiger partial charge in [-0.2, -0.15) is 0 Å². The van der Waals surface area contributed by atoms with Gasteiger partial charge in [-0.05, 0) is 29.5 Å². The molecule has 0 bridgehead atoms. The summed E-state index contributed by atoms with van der Waals surface area (Å²) in [6.45, 7) is 6.20. The van der Waals surface area contributed by atoms with Crippen molar-refractivity contribution >= 4 is 22.4 Å². The summed E-state index contributed by atoms with van der Waals surface area (Å²) < 4.78 is 44.5. The lowest BCUT2D eigenvalue weighted by atomic mass is 9.92. The third-order valence-corrected chi connectivity index (χ3v) is 5.02. The molecule has 0 aliphatic carbocycles. The molecule has 138 valence electrons. The van der Waals surface area contributed by atoms with E-state index in [9.17, 15) is 12.8 Å². The highest BCUT2D eigenvalue weighted by Crippen LogP contribution is 2.27. The van der Waals surface area contributed by atoms with Gasteiger partial charge in [0.05, 0.1) is 13.4 Å². The molecular weight excluding hydrogens is 355 g/mol. The topological polar surface area (TPSA) is 58.6 Å². The van der Waals surface area contributed by atoms with Gasteiger partial charge in [-0.1, -0.05) is 19.9 Å². The van der Waals surface area contributed by atoms with Crippen LogP contribution in [0.15, 0.2) is 18.2 Å². The number of nitrogens with zero attached hydrogens (tertiary/aromatic N) is 1. The van der Waals surface area contributed by atoms with E-state index in [0.717, 1.165) is 12.1 Å². The molecule has 1 fully saturated rings. The molecule has 0 saturated carbocycles. The summed E-state index contributed by atoms with van der Waals surface area (Å²) in [6.07, 6.45) is 1.19. The van der Waals surface area contributed by atoms with Crippen molar-refractivity contribution in [1.82, 2.24) is 9.62 Å². The standard InChI is InChI=1S/C16H25FN2O3S.ClH/c1-11(2)13-9-19(10-15(13)18-23(4,20)21)8-12-5-6-16(22-3)14(17)7-12;/h5-7,11,13,15,18H,8-10H2,1-4H3;1H/t13-,15+;/m1./s1. The van der Waals surface area contributed by atoms with Crippen LogP contribution in [0.3, 0.4) is 0 Å². The van der Waals surface area contributed by atoms with Crippen LogP contribution >= 0.6 is 12.4 Å². The Labute approximate surface area is 150 Å². The maximum atomic E-state index is 13.8. The van der Waals surface area contributed by atoms with Crippen LogP contribution in [-0.2, 0) is 16.6 Å². The minimum absolute atomic E-state index is 0. The molecule has 5 nitrogen and oxygen atoms in total. The maximum Gasteiger partial charge on any atom is 0.209 e. The molecule has 1 aromatic carbocycles. The first-order chi connectivity index (χ1) is 10.7. The number of hydrogen-bond acceptors (Lipinski definition) is 4. The normalized spacial score (nSPS) is 21.8. The first kappa shape index (κ1) is 21.2. The molecule has 0 unspecified atom stereocenters. The zero-order chi connectivity index (χ0) is 17.2. The molecule has 0 spiro atoms. The summed E-state index contributed by atoms with van der Waals surface area (Å²) in [7, 11) is -1.80. The third-order valence-electron chi connectivity index (χ3n) is 4.28. The highest BCUT2D eigenvalue weighted by atomic mass is 35.5. The summed E-state index contributed by atoms with van der Waals surface area (Å²) in [5.74, 6) is 0.460. The largest absolute Gasteiger partial charge is 0.494 e. The number of nitrogens with one attached hydrogen (secondary N) is 1. The van der Waals surface area contributed by atoms with E-state index < -0.39 is 10.0 Å². The third kappa shape index (κ3) is 5.58. The molecule has 2 atom stereocenters. The molecular formula is C16H26ClFN2O3S. The SMILES string of the molecule is COc1ccc(CN2C[C@H](NS(C)(=O)=O)[C@@H](C(C)C)C2)cc1F.Cl. The molecule has 1 N–H and O–H groups in total. The van der Waals surface area contributed by atoms with Crippen LogP contribution in [0.5, 0.6) is 5.75 Å². The number of sulfonamides is 1. The van der Waals surface area contributed by atoms with Crippen molar-refractivity contribution in [3.8, 4) is 5.75 Å². The number of methoxy groups -OCH3 is 1. The van der Waals surface area contributed by atoms with Crippen LogP contribution in [0.2, 0.25) is 0 Å². The number of benzene rings is 1. The molecule has 8 heteroatoms. The predicted molar refractivity (Wildman–Crippen MR) is 95.6 cm³/mol. The van der Waals surface area contributed by atoms with Crippen molar-refractivity contribution < 1.29 is 17.5 Å². The minimum atomic E-state index is -3.24. The number of ether oxygens (including phenoxy) is 1. The molecule has 1 aromatic rings. The second kappa shape index (κ2) is 8.47. The van der Waals surface area contributed by atoms with Gasteiger partial charge in [-0.3, -0.25) is 4.90 Å². The lowest BCUT2D eigenvalue weighted by Crippen LogP contribution is -2.41. The van der Waals surface area contributed by atoms with E-state index in [2.05, 4.69) is 23.5 Å². The fraction of sp³-hybridized carbons (Fsp3) is 0.625. The Morgan fingerprint density at radius 2 is 2.04 bits per heavy atom. The van der Waals surface area contributed by atoms with Gasteiger partial charge >= 0.3 is 0 Å². The van der Waals surface area contributed by atoms with Crippen LogP contribution < -0.4 is 9.46 Å². The van der Waals surface area contributed by atoms with Crippen LogP contribution in [-0.4, -0.2) is 45.8 Å². The van der Waals surface area contributed by atoms with Gasteiger partial charge in [0.15, 0.2) is 11.6 Å². The van der Waals surface area contributed by atoms with E-state index >= 15 is 0 Å². The quantitative estimate of drug-likeness (QED) is 0.822. The van der Waals surface area contributed by atoms with E-state index in [1.54, 1.807) is 6.07 Å². The Kier molecular flexibility index (Phi) is 7.46. The van der Waals surface area contributed by atoms with Crippen molar-refractivity contribution in [3.05, 3.63) is 29.6 Å². The Bertz CT molecular complexity index is 655. The lowest BCUT2D eigenvalue weighted by Gasteiger charge is -2.21. The average molecular weight is 381 g/mol. The minimum Gasteiger partial charge on any atom is -0.494 e. The zero-order valence-electron chi connectivity index (χ0n) is 14.5. The van der Waals surface area contributed by atoms with Crippen LogP contribution in [0.4, 0.5) is 4.39 Å². The fourth-order valence-corrected chi connectivity index (χ4v) is 3.98. The van der Waals surface area contributed by atoms with Crippen LogP contribution in [0.1, 0.15) is 19.4 Å². The van der Waals surface area contributed by atoms with Crippen molar-refractivity contribution in [2.24, 2.45) is 11.8 Å². The van der Waals surface area contributed by atoms with E-state index in [0.29, 0.717) is 19.0 Å². The number of hydrogen-bond donors (Lipinski definition) is 1. The van der Waals surface area contributed by atoms with Gasteiger partial charge in [0.25, 0.3) is 0 Å². The Balaban J connectivity index is 0.00000288. The molecule has 2 rings (SSSR count). The summed E-state index contributed by atoms with van der Waals surface area (Å²) in [4.78, 5) is 2.16. The maximum absolute atomic E-state index is 13.8. The van der Waals surface area contributed by atoms with Crippen molar-refractivity contribution in [2.75, 3.05) is 26.5 Å². The smallest absolute Gasteiger partial charge is 0.209 e. The van der Waals surface area contributed by atoms with Crippen molar-refractivity contribution in [2.45, 2.75) is 26.4 Å². The lowest BCUT2D eigenvalue weighted by molar-refractivity contribution is 0.295. The molecule has 0 radical (unpaired) electrons. The molecule has 0 aromatic heterocycles.